The van der Waals surface area contributed by atoms with E-state index >= 15 is 0 Å². The van der Waals surface area contributed by atoms with Crippen molar-refractivity contribution in [3.05, 3.63) is 0 Å². The summed E-state index contributed by atoms with van der Waals surface area (Å²) in [4.78, 5) is 2.06. The molecule has 0 saturated heterocycles. The molecule has 0 heterocycles. The predicted octanol–water partition coefficient (Wildman–Crippen LogP) is 1.13. The highest BCUT2D eigenvalue weighted by Gasteiger charge is 2.28. The molecular formula is C12H28N2O2S. The average Bonchev–Trinajstić information content (AvgIpc) is 2.20. The second kappa shape index (κ2) is 7.34. The molecule has 0 spiro atoms. The van der Waals surface area contributed by atoms with Crippen LogP contribution in [0.1, 0.15) is 34.1 Å². The van der Waals surface area contributed by atoms with Crippen LogP contribution in [-0.4, -0.2) is 57.0 Å². The molecule has 17 heavy (non-hydrogen) atoms. The van der Waals surface area contributed by atoms with Crippen molar-refractivity contribution in [1.29, 1.82) is 0 Å². The minimum Gasteiger partial charge on any atom is -0.315 e. The van der Waals surface area contributed by atoms with E-state index in [1.54, 1.807) is 20.8 Å². The van der Waals surface area contributed by atoms with Gasteiger partial charge in [0.25, 0.3) is 0 Å². The Morgan fingerprint density at radius 2 is 1.71 bits per heavy atom. The zero-order valence-electron chi connectivity index (χ0n) is 11.9. The van der Waals surface area contributed by atoms with E-state index in [4.69, 9.17) is 0 Å². The van der Waals surface area contributed by atoms with Crippen molar-refractivity contribution < 1.29 is 8.42 Å². The maximum absolute atomic E-state index is 11.9. The Balaban J connectivity index is 3.88. The van der Waals surface area contributed by atoms with E-state index in [1.165, 1.54) is 0 Å². The molecule has 0 aromatic carbocycles. The first-order chi connectivity index (χ1) is 7.70. The van der Waals surface area contributed by atoms with Crippen LogP contribution in [0.4, 0.5) is 0 Å². The zero-order valence-corrected chi connectivity index (χ0v) is 12.7. The second-order valence-electron chi connectivity index (χ2n) is 5.48. The lowest BCUT2D eigenvalue weighted by atomic mass is 10.3. The lowest BCUT2D eigenvalue weighted by Gasteiger charge is -2.22. The summed E-state index contributed by atoms with van der Waals surface area (Å²) >= 11 is 0. The van der Waals surface area contributed by atoms with Crippen molar-refractivity contribution in [2.45, 2.75) is 38.9 Å². The van der Waals surface area contributed by atoms with E-state index < -0.39 is 14.6 Å². The van der Waals surface area contributed by atoms with Gasteiger partial charge in [-0.1, -0.05) is 6.92 Å². The molecule has 0 aromatic heterocycles. The quantitative estimate of drug-likeness (QED) is 0.668. The monoisotopic (exact) mass is 264 g/mol. The Morgan fingerprint density at radius 1 is 1.12 bits per heavy atom. The SMILES string of the molecule is CCCNCCN(C)CCS(=O)(=O)C(C)(C)C. The normalized spacial score (nSPS) is 13.3. The smallest absolute Gasteiger partial charge is 0.156 e. The van der Waals surface area contributed by atoms with Crippen molar-refractivity contribution in [1.82, 2.24) is 10.2 Å². The third-order valence-corrected chi connectivity index (χ3v) is 5.36. The summed E-state index contributed by atoms with van der Waals surface area (Å²) in [6.07, 6.45) is 1.13. The van der Waals surface area contributed by atoms with Gasteiger partial charge in [0.05, 0.1) is 10.5 Å². The molecule has 0 unspecified atom stereocenters. The van der Waals surface area contributed by atoms with Gasteiger partial charge in [0.2, 0.25) is 0 Å². The van der Waals surface area contributed by atoms with Crippen LogP contribution in [-0.2, 0) is 9.84 Å². The topological polar surface area (TPSA) is 49.4 Å². The van der Waals surface area contributed by atoms with Gasteiger partial charge in [0.15, 0.2) is 9.84 Å². The summed E-state index contributed by atoms with van der Waals surface area (Å²) in [6.45, 7) is 10.8. The first-order valence-electron chi connectivity index (χ1n) is 6.32. The number of nitrogens with one attached hydrogen (secondary N) is 1. The number of nitrogens with zero attached hydrogens (tertiary/aromatic N) is 1. The van der Waals surface area contributed by atoms with E-state index in [2.05, 4.69) is 17.1 Å². The van der Waals surface area contributed by atoms with Crippen LogP contribution in [0.3, 0.4) is 0 Å². The number of rotatable bonds is 8. The van der Waals surface area contributed by atoms with Gasteiger partial charge < -0.3 is 10.2 Å². The molecule has 0 atom stereocenters. The lowest BCUT2D eigenvalue weighted by Crippen LogP contribution is -2.37. The fraction of sp³-hybridized carbons (Fsp3) is 1.00. The molecule has 0 aliphatic rings. The van der Waals surface area contributed by atoms with Gasteiger partial charge in [-0.3, -0.25) is 0 Å². The minimum atomic E-state index is -2.99. The van der Waals surface area contributed by atoms with Gasteiger partial charge >= 0.3 is 0 Å². The molecule has 4 nitrogen and oxygen atoms in total. The largest absolute Gasteiger partial charge is 0.315 e. The van der Waals surface area contributed by atoms with Crippen LogP contribution in [0.15, 0.2) is 0 Å². The fourth-order valence-corrected chi connectivity index (χ4v) is 2.43. The fourth-order valence-electron chi connectivity index (χ4n) is 1.27. The van der Waals surface area contributed by atoms with Gasteiger partial charge in [-0.05, 0) is 40.8 Å². The summed E-state index contributed by atoms with van der Waals surface area (Å²) in [7, 11) is -1.03. The van der Waals surface area contributed by atoms with Gasteiger partial charge in [-0.2, -0.15) is 0 Å². The summed E-state index contributed by atoms with van der Waals surface area (Å²) in [5.74, 6) is 0.237. The van der Waals surface area contributed by atoms with Crippen molar-refractivity contribution in [2.24, 2.45) is 0 Å². The highest BCUT2D eigenvalue weighted by molar-refractivity contribution is 7.92. The molecule has 0 amide bonds. The third kappa shape index (κ3) is 7.01. The van der Waals surface area contributed by atoms with Crippen LogP contribution in [0.25, 0.3) is 0 Å². The maximum atomic E-state index is 11.9. The van der Waals surface area contributed by atoms with Crippen molar-refractivity contribution in [3.63, 3.8) is 0 Å². The van der Waals surface area contributed by atoms with Crippen LogP contribution >= 0.6 is 0 Å². The molecule has 0 aliphatic heterocycles. The molecule has 0 aromatic rings. The number of hydrogen-bond donors (Lipinski definition) is 1. The third-order valence-electron chi connectivity index (χ3n) is 2.77. The summed E-state index contributed by atoms with van der Waals surface area (Å²) in [5, 5.41) is 3.30. The maximum Gasteiger partial charge on any atom is 0.156 e. The highest BCUT2D eigenvalue weighted by Crippen LogP contribution is 2.15. The van der Waals surface area contributed by atoms with Gasteiger partial charge in [-0.15, -0.1) is 0 Å². The molecule has 1 N–H and O–H groups in total. The van der Waals surface area contributed by atoms with Crippen molar-refractivity contribution in [2.75, 3.05) is 39.0 Å². The van der Waals surface area contributed by atoms with E-state index in [0.29, 0.717) is 6.54 Å². The molecule has 104 valence electrons. The standard InChI is InChI=1S/C12H28N2O2S/c1-6-7-13-8-9-14(5)10-11-17(15,16)12(2,3)4/h13H,6-11H2,1-5H3. The van der Waals surface area contributed by atoms with E-state index in [-0.39, 0.29) is 5.75 Å². The van der Waals surface area contributed by atoms with Crippen LogP contribution in [0, 0.1) is 0 Å². The van der Waals surface area contributed by atoms with Gasteiger partial charge in [-0.25, -0.2) is 8.42 Å². The van der Waals surface area contributed by atoms with E-state index in [9.17, 15) is 8.42 Å². The van der Waals surface area contributed by atoms with E-state index in [1.807, 2.05) is 7.05 Å². The van der Waals surface area contributed by atoms with Gasteiger partial charge in [0.1, 0.15) is 0 Å². The molecule has 5 heteroatoms. The summed E-state index contributed by atoms with van der Waals surface area (Å²) in [5.41, 5.74) is 0. The first-order valence-corrected chi connectivity index (χ1v) is 7.97. The van der Waals surface area contributed by atoms with Crippen LogP contribution < -0.4 is 5.32 Å². The Labute approximate surface area is 107 Å². The summed E-state index contributed by atoms with van der Waals surface area (Å²) in [6, 6.07) is 0. The Bertz CT molecular complexity index is 294. The van der Waals surface area contributed by atoms with Crippen LogP contribution in [0.5, 0.6) is 0 Å². The van der Waals surface area contributed by atoms with Gasteiger partial charge in [0, 0.05) is 19.6 Å². The molecule has 0 aliphatic carbocycles. The van der Waals surface area contributed by atoms with Crippen molar-refractivity contribution in [3.8, 4) is 0 Å². The molecular weight excluding hydrogens is 236 g/mol. The molecule has 0 saturated carbocycles. The Hall–Kier alpha value is -0.130. The number of hydrogen-bond acceptors (Lipinski definition) is 4. The molecule has 0 bridgehead atoms. The lowest BCUT2D eigenvalue weighted by molar-refractivity contribution is 0.349. The Kier molecular flexibility index (Phi) is 7.28. The summed E-state index contributed by atoms with van der Waals surface area (Å²) < 4.78 is 23.1. The predicted molar refractivity (Wildman–Crippen MR) is 74.2 cm³/mol. The first kappa shape index (κ1) is 16.9. The van der Waals surface area contributed by atoms with Crippen LogP contribution in [0.2, 0.25) is 0 Å². The zero-order chi connectivity index (χ0) is 13.5. The second-order valence-corrected chi connectivity index (χ2v) is 8.35. The number of likely N-dealkylation sites (N-methyl/N-ethyl adjacent to an activating group) is 1. The molecule has 0 radical (unpaired) electrons. The molecule has 0 fully saturated rings. The highest BCUT2D eigenvalue weighted by atomic mass is 32.2. The minimum absolute atomic E-state index is 0.237. The molecule has 0 rings (SSSR count). The average molecular weight is 264 g/mol. The number of sulfone groups is 1. The Morgan fingerprint density at radius 3 is 2.18 bits per heavy atom. The van der Waals surface area contributed by atoms with E-state index in [0.717, 1.165) is 26.1 Å². The van der Waals surface area contributed by atoms with Crippen molar-refractivity contribution >= 4 is 9.84 Å².